The standard InChI is InChI=1S/C16H25N3O2/c1-11(2)8-16(3,4)15(21)19-7-6-12-13(9-19)17-10-18(5)14(12)20/h10-11H,6-9H2,1-5H3. The van der Waals surface area contributed by atoms with Gasteiger partial charge >= 0.3 is 0 Å². The second kappa shape index (κ2) is 5.62. The first-order valence-electron chi connectivity index (χ1n) is 7.55. The van der Waals surface area contributed by atoms with Crippen LogP contribution in [0.4, 0.5) is 0 Å². The van der Waals surface area contributed by atoms with Gasteiger partial charge in [0.15, 0.2) is 0 Å². The topological polar surface area (TPSA) is 55.2 Å². The van der Waals surface area contributed by atoms with Crippen LogP contribution in [0.15, 0.2) is 11.1 Å². The average Bonchev–Trinajstić information content (AvgIpc) is 2.40. The molecule has 2 heterocycles. The lowest BCUT2D eigenvalue weighted by molar-refractivity contribution is -0.142. The summed E-state index contributed by atoms with van der Waals surface area (Å²) in [6, 6.07) is 0. The Balaban J connectivity index is 2.20. The van der Waals surface area contributed by atoms with Crippen molar-refractivity contribution in [3.8, 4) is 0 Å². The van der Waals surface area contributed by atoms with Gasteiger partial charge in [-0.3, -0.25) is 9.59 Å². The van der Waals surface area contributed by atoms with E-state index in [0.29, 0.717) is 25.4 Å². The fraction of sp³-hybridized carbons (Fsp3) is 0.688. The lowest BCUT2D eigenvalue weighted by Gasteiger charge is -2.35. The van der Waals surface area contributed by atoms with Crippen LogP contribution in [0.5, 0.6) is 0 Å². The lowest BCUT2D eigenvalue weighted by atomic mass is 9.82. The minimum absolute atomic E-state index is 0.00791. The van der Waals surface area contributed by atoms with E-state index in [9.17, 15) is 9.59 Å². The zero-order valence-electron chi connectivity index (χ0n) is 13.6. The summed E-state index contributed by atoms with van der Waals surface area (Å²) in [5.74, 6) is 0.635. The minimum atomic E-state index is -0.370. The molecule has 1 aliphatic heterocycles. The van der Waals surface area contributed by atoms with Crippen LogP contribution in [0, 0.1) is 11.3 Å². The van der Waals surface area contributed by atoms with Crippen LogP contribution in [0.25, 0.3) is 0 Å². The summed E-state index contributed by atoms with van der Waals surface area (Å²) in [7, 11) is 1.71. The van der Waals surface area contributed by atoms with E-state index in [1.165, 1.54) is 10.9 Å². The van der Waals surface area contributed by atoms with Crippen LogP contribution in [-0.2, 0) is 24.8 Å². The number of carbonyl (C=O) groups excluding carboxylic acids is 1. The number of rotatable bonds is 3. The van der Waals surface area contributed by atoms with Crippen molar-refractivity contribution >= 4 is 5.91 Å². The van der Waals surface area contributed by atoms with Crippen molar-refractivity contribution in [3.63, 3.8) is 0 Å². The Kier molecular flexibility index (Phi) is 4.21. The van der Waals surface area contributed by atoms with Crippen molar-refractivity contribution in [3.05, 3.63) is 27.9 Å². The SMILES string of the molecule is CC(C)CC(C)(C)C(=O)N1CCc2c(ncn(C)c2=O)C1. The van der Waals surface area contributed by atoms with E-state index in [-0.39, 0.29) is 16.9 Å². The number of carbonyl (C=O) groups is 1. The number of fused-ring (bicyclic) bond motifs is 1. The summed E-state index contributed by atoms with van der Waals surface area (Å²) in [4.78, 5) is 31.0. The molecule has 0 fully saturated rings. The molecule has 5 nitrogen and oxygen atoms in total. The van der Waals surface area contributed by atoms with Crippen LogP contribution < -0.4 is 5.56 Å². The number of aromatic nitrogens is 2. The zero-order valence-corrected chi connectivity index (χ0v) is 13.6. The highest BCUT2D eigenvalue weighted by atomic mass is 16.2. The normalized spacial score (nSPS) is 15.2. The third-order valence-corrected chi connectivity index (χ3v) is 4.07. The number of hydrogen-bond acceptors (Lipinski definition) is 3. The molecule has 0 atom stereocenters. The van der Waals surface area contributed by atoms with Crippen molar-refractivity contribution in [1.29, 1.82) is 0 Å². The largest absolute Gasteiger partial charge is 0.336 e. The van der Waals surface area contributed by atoms with Gasteiger partial charge in [0.05, 0.1) is 18.6 Å². The highest BCUT2D eigenvalue weighted by molar-refractivity contribution is 5.82. The first-order valence-corrected chi connectivity index (χ1v) is 7.55. The van der Waals surface area contributed by atoms with Crippen LogP contribution >= 0.6 is 0 Å². The molecular weight excluding hydrogens is 266 g/mol. The maximum absolute atomic E-state index is 12.7. The maximum Gasteiger partial charge on any atom is 0.256 e. The van der Waals surface area contributed by atoms with E-state index in [4.69, 9.17) is 0 Å². The molecule has 1 aromatic rings. The highest BCUT2D eigenvalue weighted by Crippen LogP contribution is 2.29. The Bertz CT molecular complexity index is 602. The summed E-state index contributed by atoms with van der Waals surface area (Å²) < 4.78 is 1.50. The predicted molar refractivity (Wildman–Crippen MR) is 81.8 cm³/mol. The van der Waals surface area contributed by atoms with Gasteiger partial charge in [0.1, 0.15) is 0 Å². The van der Waals surface area contributed by atoms with Gasteiger partial charge in [-0.05, 0) is 18.8 Å². The van der Waals surface area contributed by atoms with E-state index < -0.39 is 0 Å². The van der Waals surface area contributed by atoms with Crippen molar-refractivity contribution in [2.75, 3.05) is 6.54 Å². The third-order valence-electron chi connectivity index (χ3n) is 4.07. The summed E-state index contributed by atoms with van der Waals surface area (Å²) in [5, 5.41) is 0. The van der Waals surface area contributed by atoms with Crippen LogP contribution in [0.1, 0.15) is 45.4 Å². The maximum atomic E-state index is 12.7. The number of amides is 1. The van der Waals surface area contributed by atoms with Crippen molar-refractivity contribution in [1.82, 2.24) is 14.5 Å². The molecule has 0 radical (unpaired) electrons. The molecule has 0 aromatic carbocycles. The van der Waals surface area contributed by atoms with Gasteiger partial charge in [0, 0.05) is 24.6 Å². The molecule has 21 heavy (non-hydrogen) atoms. The number of hydrogen-bond donors (Lipinski definition) is 0. The molecule has 1 aliphatic rings. The van der Waals surface area contributed by atoms with Crippen LogP contribution in [0.2, 0.25) is 0 Å². The van der Waals surface area contributed by atoms with Crippen LogP contribution in [-0.4, -0.2) is 26.9 Å². The first kappa shape index (κ1) is 15.7. The van der Waals surface area contributed by atoms with E-state index in [1.807, 2.05) is 18.7 Å². The quantitative estimate of drug-likeness (QED) is 0.852. The molecule has 0 saturated carbocycles. The Morgan fingerprint density at radius 1 is 1.43 bits per heavy atom. The molecule has 0 bridgehead atoms. The van der Waals surface area contributed by atoms with Gasteiger partial charge in [-0.2, -0.15) is 0 Å². The van der Waals surface area contributed by atoms with Crippen LogP contribution in [0.3, 0.4) is 0 Å². The molecular formula is C16H25N3O2. The molecule has 0 unspecified atom stereocenters. The smallest absolute Gasteiger partial charge is 0.256 e. The van der Waals surface area contributed by atoms with E-state index >= 15 is 0 Å². The fourth-order valence-electron chi connectivity index (χ4n) is 3.23. The van der Waals surface area contributed by atoms with E-state index in [2.05, 4.69) is 18.8 Å². The Morgan fingerprint density at radius 2 is 2.10 bits per heavy atom. The molecule has 5 heteroatoms. The van der Waals surface area contributed by atoms with Crippen molar-refractivity contribution in [2.45, 2.75) is 47.1 Å². The second-order valence-electron chi connectivity index (χ2n) is 7.04. The Hall–Kier alpha value is -1.65. The summed E-state index contributed by atoms with van der Waals surface area (Å²) >= 11 is 0. The first-order chi connectivity index (χ1) is 9.72. The zero-order chi connectivity index (χ0) is 15.8. The van der Waals surface area contributed by atoms with Gasteiger partial charge in [-0.25, -0.2) is 4.98 Å². The minimum Gasteiger partial charge on any atom is -0.336 e. The van der Waals surface area contributed by atoms with Gasteiger partial charge in [0.25, 0.3) is 5.56 Å². The molecule has 0 N–H and O–H groups in total. The molecule has 116 valence electrons. The van der Waals surface area contributed by atoms with Gasteiger partial charge in [-0.1, -0.05) is 27.7 Å². The van der Waals surface area contributed by atoms with Crippen molar-refractivity contribution in [2.24, 2.45) is 18.4 Å². The molecule has 1 aromatic heterocycles. The Morgan fingerprint density at radius 3 is 2.71 bits per heavy atom. The molecule has 0 aliphatic carbocycles. The van der Waals surface area contributed by atoms with Gasteiger partial charge in [0.2, 0.25) is 5.91 Å². The van der Waals surface area contributed by atoms with Gasteiger partial charge < -0.3 is 9.47 Å². The van der Waals surface area contributed by atoms with Gasteiger partial charge in [-0.15, -0.1) is 0 Å². The molecule has 1 amide bonds. The predicted octanol–water partition coefficient (Wildman–Crippen LogP) is 1.74. The molecule has 0 spiro atoms. The third kappa shape index (κ3) is 3.17. The Labute approximate surface area is 126 Å². The fourth-order valence-corrected chi connectivity index (χ4v) is 3.23. The second-order valence-corrected chi connectivity index (χ2v) is 7.04. The lowest BCUT2D eigenvalue weighted by Crippen LogP contribution is -2.45. The summed E-state index contributed by atoms with van der Waals surface area (Å²) in [6.45, 7) is 9.32. The monoisotopic (exact) mass is 291 g/mol. The number of nitrogens with zero attached hydrogens (tertiary/aromatic N) is 3. The van der Waals surface area contributed by atoms with Crippen molar-refractivity contribution < 1.29 is 4.79 Å². The number of aryl methyl sites for hydroxylation is 1. The summed E-state index contributed by atoms with van der Waals surface area (Å²) in [6.07, 6.45) is 2.99. The highest BCUT2D eigenvalue weighted by Gasteiger charge is 2.34. The van der Waals surface area contributed by atoms with E-state index in [1.54, 1.807) is 7.05 Å². The molecule has 0 saturated heterocycles. The average molecular weight is 291 g/mol. The molecule has 2 rings (SSSR count). The summed E-state index contributed by atoms with van der Waals surface area (Å²) in [5.41, 5.74) is 1.14. The van der Waals surface area contributed by atoms with E-state index in [0.717, 1.165) is 17.7 Å².